The maximum atomic E-state index is 11.0. The minimum Gasteiger partial charge on any atom is -0.478 e. The predicted molar refractivity (Wildman–Crippen MR) is 58.0 cm³/mol. The molecule has 7 heteroatoms. The molecular formula is C10H11N5O2. The number of aromatic carboxylic acids is 1. The third-order valence-electron chi connectivity index (χ3n) is 2.21. The predicted octanol–water partition coefficient (Wildman–Crippen LogP) is 0.879. The molecule has 0 fully saturated rings. The van der Waals surface area contributed by atoms with E-state index in [9.17, 15) is 4.79 Å². The molecule has 0 aliphatic carbocycles. The van der Waals surface area contributed by atoms with Crippen LogP contribution in [0.5, 0.6) is 0 Å². The molecule has 1 N–H and O–H groups in total. The highest BCUT2D eigenvalue weighted by Gasteiger charge is 2.16. The van der Waals surface area contributed by atoms with Gasteiger partial charge in [0.1, 0.15) is 12.7 Å². The summed E-state index contributed by atoms with van der Waals surface area (Å²) >= 11 is 0. The zero-order valence-electron chi connectivity index (χ0n) is 9.40. The van der Waals surface area contributed by atoms with E-state index >= 15 is 0 Å². The van der Waals surface area contributed by atoms with Gasteiger partial charge in [-0.25, -0.2) is 19.7 Å². The molecule has 17 heavy (non-hydrogen) atoms. The third kappa shape index (κ3) is 2.12. The summed E-state index contributed by atoms with van der Waals surface area (Å²) in [6.07, 6.45) is 4.12. The Bertz CT molecular complexity index is 536. The van der Waals surface area contributed by atoms with Gasteiger partial charge in [-0.2, -0.15) is 9.78 Å². The largest absolute Gasteiger partial charge is 0.478 e. The van der Waals surface area contributed by atoms with Gasteiger partial charge in [-0.1, -0.05) is 13.8 Å². The zero-order chi connectivity index (χ0) is 12.4. The smallest absolute Gasteiger partial charge is 0.339 e. The van der Waals surface area contributed by atoms with Gasteiger partial charge in [0.25, 0.3) is 5.95 Å². The van der Waals surface area contributed by atoms with E-state index in [2.05, 4.69) is 20.1 Å². The molecular weight excluding hydrogens is 222 g/mol. The van der Waals surface area contributed by atoms with Gasteiger partial charge in [-0.3, -0.25) is 0 Å². The Morgan fingerprint density at radius 2 is 2.24 bits per heavy atom. The first-order valence-corrected chi connectivity index (χ1v) is 5.05. The highest BCUT2D eigenvalue weighted by molar-refractivity contribution is 5.88. The lowest BCUT2D eigenvalue weighted by molar-refractivity contribution is 0.0694. The van der Waals surface area contributed by atoms with Crippen LogP contribution in [0.3, 0.4) is 0 Å². The number of carboxylic acids is 1. The zero-order valence-corrected chi connectivity index (χ0v) is 9.40. The second-order valence-electron chi connectivity index (χ2n) is 3.77. The van der Waals surface area contributed by atoms with Crippen LogP contribution in [0.4, 0.5) is 0 Å². The van der Waals surface area contributed by atoms with Gasteiger partial charge >= 0.3 is 5.97 Å². The maximum Gasteiger partial charge on any atom is 0.339 e. The number of aromatic nitrogens is 5. The molecule has 0 atom stereocenters. The van der Waals surface area contributed by atoms with Crippen molar-refractivity contribution < 1.29 is 9.90 Å². The lowest BCUT2D eigenvalue weighted by Crippen LogP contribution is -2.11. The van der Waals surface area contributed by atoms with Crippen molar-refractivity contribution in [2.24, 2.45) is 0 Å². The lowest BCUT2D eigenvalue weighted by atomic mass is 10.1. The summed E-state index contributed by atoms with van der Waals surface area (Å²) in [5.74, 6) is -0.721. The van der Waals surface area contributed by atoms with Gasteiger partial charge in [0, 0.05) is 6.20 Å². The number of hydrogen-bond donors (Lipinski definition) is 1. The fourth-order valence-corrected chi connectivity index (χ4v) is 1.41. The van der Waals surface area contributed by atoms with E-state index in [-0.39, 0.29) is 11.5 Å². The molecule has 2 aromatic heterocycles. The fourth-order valence-electron chi connectivity index (χ4n) is 1.41. The Morgan fingerprint density at radius 3 is 2.76 bits per heavy atom. The third-order valence-corrected chi connectivity index (χ3v) is 2.21. The Labute approximate surface area is 97.2 Å². The first kappa shape index (κ1) is 11.2. The molecule has 0 radical (unpaired) electrons. The van der Waals surface area contributed by atoms with Crippen LogP contribution in [0.15, 0.2) is 18.9 Å². The van der Waals surface area contributed by atoms with Crippen molar-refractivity contribution in [2.45, 2.75) is 19.8 Å². The van der Waals surface area contributed by atoms with Crippen LogP contribution in [0, 0.1) is 0 Å². The molecule has 0 spiro atoms. The van der Waals surface area contributed by atoms with E-state index in [1.165, 1.54) is 23.5 Å². The molecule has 0 aromatic carbocycles. The van der Waals surface area contributed by atoms with Gasteiger partial charge in [0.2, 0.25) is 0 Å². The average Bonchev–Trinajstić information content (AvgIpc) is 2.81. The Kier molecular flexibility index (Phi) is 2.82. The standard InChI is InChI=1S/C10H11N5O2/c1-6(2)8-7(9(16)17)3-12-10(14-8)15-5-11-4-13-15/h3-6H,1-2H3,(H,16,17). The maximum absolute atomic E-state index is 11.0. The van der Waals surface area contributed by atoms with Gasteiger partial charge in [-0.05, 0) is 5.92 Å². The Morgan fingerprint density at radius 1 is 1.47 bits per heavy atom. The van der Waals surface area contributed by atoms with Crippen molar-refractivity contribution in [1.82, 2.24) is 24.7 Å². The first-order valence-electron chi connectivity index (χ1n) is 5.05. The molecule has 0 saturated carbocycles. The van der Waals surface area contributed by atoms with Crippen LogP contribution in [-0.4, -0.2) is 35.8 Å². The summed E-state index contributed by atoms with van der Waals surface area (Å²) in [5.41, 5.74) is 0.599. The van der Waals surface area contributed by atoms with Crippen molar-refractivity contribution in [2.75, 3.05) is 0 Å². The minimum absolute atomic E-state index is 0.00799. The number of nitrogens with zero attached hydrogens (tertiary/aromatic N) is 5. The monoisotopic (exact) mass is 233 g/mol. The number of rotatable bonds is 3. The summed E-state index contributed by atoms with van der Waals surface area (Å²) in [4.78, 5) is 23.0. The van der Waals surface area contributed by atoms with Crippen LogP contribution in [0.2, 0.25) is 0 Å². The minimum atomic E-state index is -1.03. The summed E-state index contributed by atoms with van der Waals surface area (Å²) in [6.45, 7) is 3.75. The van der Waals surface area contributed by atoms with Crippen molar-refractivity contribution in [3.63, 3.8) is 0 Å². The van der Waals surface area contributed by atoms with Crippen LogP contribution in [0.25, 0.3) is 5.95 Å². The number of hydrogen-bond acceptors (Lipinski definition) is 5. The number of carboxylic acid groups (broad SMARTS) is 1. The van der Waals surface area contributed by atoms with Crippen LogP contribution >= 0.6 is 0 Å². The van der Waals surface area contributed by atoms with E-state index in [0.717, 1.165) is 0 Å². The highest BCUT2D eigenvalue weighted by atomic mass is 16.4. The van der Waals surface area contributed by atoms with Crippen molar-refractivity contribution in [1.29, 1.82) is 0 Å². The molecule has 0 bridgehead atoms. The van der Waals surface area contributed by atoms with Crippen molar-refractivity contribution in [3.05, 3.63) is 30.1 Å². The molecule has 2 heterocycles. The number of carbonyl (C=O) groups is 1. The second-order valence-corrected chi connectivity index (χ2v) is 3.77. The summed E-state index contributed by atoms with van der Waals surface area (Å²) < 4.78 is 1.39. The molecule has 0 aliphatic heterocycles. The van der Waals surface area contributed by atoms with Gasteiger partial charge in [0.15, 0.2) is 0 Å². The van der Waals surface area contributed by atoms with Crippen molar-refractivity contribution >= 4 is 5.97 Å². The summed E-state index contributed by atoms with van der Waals surface area (Å²) in [5, 5.41) is 12.9. The molecule has 0 aliphatic rings. The van der Waals surface area contributed by atoms with E-state index < -0.39 is 5.97 Å². The second kappa shape index (κ2) is 4.28. The Hall–Kier alpha value is -2.31. The molecule has 0 saturated heterocycles. The molecule has 7 nitrogen and oxygen atoms in total. The SMILES string of the molecule is CC(C)c1nc(-n2cncn2)ncc1C(=O)O. The molecule has 0 unspecified atom stereocenters. The molecule has 2 aromatic rings. The normalized spacial score (nSPS) is 10.8. The van der Waals surface area contributed by atoms with Crippen molar-refractivity contribution in [3.8, 4) is 5.95 Å². The van der Waals surface area contributed by atoms with Crippen LogP contribution in [-0.2, 0) is 0 Å². The van der Waals surface area contributed by atoms with E-state index in [4.69, 9.17) is 5.11 Å². The molecule has 2 rings (SSSR count). The summed E-state index contributed by atoms with van der Waals surface area (Å²) in [7, 11) is 0. The van der Waals surface area contributed by atoms with E-state index in [1.54, 1.807) is 0 Å². The lowest BCUT2D eigenvalue weighted by Gasteiger charge is -2.09. The summed E-state index contributed by atoms with van der Waals surface area (Å²) in [6, 6.07) is 0. The Balaban J connectivity index is 2.53. The van der Waals surface area contributed by atoms with Gasteiger partial charge in [-0.15, -0.1) is 0 Å². The molecule has 0 amide bonds. The van der Waals surface area contributed by atoms with Gasteiger partial charge < -0.3 is 5.11 Å². The topological polar surface area (TPSA) is 93.8 Å². The average molecular weight is 233 g/mol. The van der Waals surface area contributed by atoms with Crippen LogP contribution in [0.1, 0.15) is 35.8 Å². The first-order chi connectivity index (χ1) is 8.09. The van der Waals surface area contributed by atoms with Gasteiger partial charge in [0.05, 0.1) is 11.3 Å². The quantitative estimate of drug-likeness (QED) is 0.845. The fraction of sp³-hybridized carbons (Fsp3) is 0.300. The van der Waals surface area contributed by atoms with E-state index in [0.29, 0.717) is 11.6 Å². The highest BCUT2D eigenvalue weighted by Crippen LogP contribution is 2.17. The molecule has 88 valence electrons. The van der Waals surface area contributed by atoms with E-state index in [1.807, 2.05) is 13.8 Å². The van der Waals surface area contributed by atoms with Crippen LogP contribution < -0.4 is 0 Å².